The van der Waals surface area contributed by atoms with Crippen LogP contribution in [-0.2, 0) is 12.8 Å². The van der Waals surface area contributed by atoms with Crippen molar-refractivity contribution >= 4 is 18.3 Å². The Labute approximate surface area is 133 Å². The van der Waals surface area contributed by atoms with Crippen LogP contribution in [0.15, 0.2) is 18.2 Å². The highest BCUT2D eigenvalue weighted by atomic mass is 35.5. The van der Waals surface area contributed by atoms with Gasteiger partial charge in [0.15, 0.2) is 0 Å². The van der Waals surface area contributed by atoms with Gasteiger partial charge in [-0.25, -0.2) is 0 Å². The van der Waals surface area contributed by atoms with E-state index in [1.165, 1.54) is 17.5 Å². The minimum absolute atomic E-state index is 0. The average molecular weight is 309 g/mol. The molecule has 21 heavy (non-hydrogen) atoms. The fourth-order valence-electron chi connectivity index (χ4n) is 3.55. The first-order chi connectivity index (χ1) is 9.65. The molecule has 0 spiro atoms. The van der Waals surface area contributed by atoms with Crippen LogP contribution in [0.2, 0.25) is 0 Å². The number of hydrogen-bond acceptors (Lipinski definition) is 2. The van der Waals surface area contributed by atoms with Gasteiger partial charge in [-0.1, -0.05) is 13.0 Å². The molecule has 1 amide bonds. The molecule has 1 aliphatic heterocycles. The highest BCUT2D eigenvalue weighted by Crippen LogP contribution is 2.23. The fourth-order valence-corrected chi connectivity index (χ4v) is 3.55. The quantitative estimate of drug-likeness (QED) is 0.882. The zero-order valence-corrected chi connectivity index (χ0v) is 13.6. The third kappa shape index (κ3) is 3.41. The molecule has 3 unspecified atom stereocenters. The van der Waals surface area contributed by atoms with Crippen molar-refractivity contribution in [1.82, 2.24) is 10.6 Å². The minimum atomic E-state index is 0. The van der Waals surface area contributed by atoms with Crippen LogP contribution in [0.25, 0.3) is 0 Å². The molecular formula is C17H25ClN2O. The molecule has 4 heteroatoms. The molecular weight excluding hydrogens is 284 g/mol. The summed E-state index contributed by atoms with van der Waals surface area (Å²) < 4.78 is 0. The molecule has 1 aromatic carbocycles. The Morgan fingerprint density at radius 1 is 1.24 bits per heavy atom. The van der Waals surface area contributed by atoms with Crippen LogP contribution in [0.1, 0.15) is 48.2 Å². The lowest BCUT2D eigenvalue weighted by molar-refractivity contribution is 0.0897. The fraction of sp³-hybridized carbons (Fsp3) is 0.588. The van der Waals surface area contributed by atoms with Gasteiger partial charge in [0, 0.05) is 17.6 Å². The van der Waals surface area contributed by atoms with E-state index < -0.39 is 0 Å². The molecule has 0 saturated carbocycles. The van der Waals surface area contributed by atoms with Gasteiger partial charge in [-0.2, -0.15) is 0 Å². The Morgan fingerprint density at radius 3 is 2.76 bits per heavy atom. The minimum Gasteiger partial charge on any atom is -0.347 e. The summed E-state index contributed by atoms with van der Waals surface area (Å²) in [5.41, 5.74) is 3.60. The summed E-state index contributed by atoms with van der Waals surface area (Å²) in [5.74, 6) is 0.608. The van der Waals surface area contributed by atoms with Gasteiger partial charge in [0.1, 0.15) is 0 Å². The number of carbonyl (C=O) groups is 1. The second kappa shape index (κ2) is 6.80. The van der Waals surface area contributed by atoms with E-state index in [9.17, 15) is 4.79 Å². The largest absolute Gasteiger partial charge is 0.347 e. The first kappa shape index (κ1) is 16.3. The van der Waals surface area contributed by atoms with Crippen LogP contribution < -0.4 is 10.6 Å². The first-order valence-corrected chi connectivity index (χ1v) is 7.81. The third-order valence-electron chi connectivity index (χ3n) is 4.88. The molecule has 3 atom stereocenters. The van der Waals surface area contributed by atoms with E-state index in [4.69, 9.17) is 0 Å². The van der Waals surface area contributed by atoms with Crippen molar-refractivity contribution in [2.45, 2.75) is 51.6 Å². The van der Waals surface area contributed by atoms with Crippen LogP contribution in [0, 0.1) is 5.92 Å². The summed E-state index contributed by atoms with van der Waals surface area (Å²) >= 11 is 0. The van der Waals surface area contributed by atoms with Crippen LogP contribution in [0.5, 0.6) is 0 Å². The predicted octanol–water partition coefficient (Wildman–Crippen LogP) is 2.71. The van der Waals surface area contributed by atoms with Crippen molar-refractivity contribution in [2.24, 2.45) is 5.92 Å². The molecule has 3 nitrogen and oxygen atoms in total. The molecule has 1 heterocycles. The van der Waals surface area contributed by atoms with E-state index in [1.54, 1.807) is 0 Å². The molecule has 1 saturated heterocycles. The molecule has 1 fully saturated rings. The molecule has 0 aromatic heterocycles. The smallest absolute Gasteiger partial charge is 0.251 e. The van der Waals surface area contributed by atoms with Gasteiger partial charge in [0.25, 0.3) is 5.91 Å². The SMILES string of the molecule is CC1CCNC(C)C1NC(=O)c1ccc2c(c1)CCC2.Cl. The van der Waals surface area contributed by atoms with Gasteiger partial charge in [0.2, 0.25) is 0 Å². The van der Waals surface area contributed by atoms with E-state index in [1.807, 2.05) is 6.07 Å². The Bertz CT molecular complexity index is 508. The molecule has 2 N–H and O–H groups in total. The summed E-state index contributed by atoms with van der Waals surface area (Å²) in [6.07, 6.45) is 4.63. The van der Waals surface area contributed by atoms with E-state index >= 15 is 0 Å². The number of halogens is 1. The monoisotopic (exact) mass is 308 g/mol. The number of fused-ring (bicyclic) bond motifs is 1. The second-order valence-electron chi connectivity index (χ2n) is 6.35. The number of rotatable bonds is 2. The van der Waals surface area contributed by atoms with Gasteiger partial charge in [0.05, 0.1) is 0 Å². The van der Waals surface area contributed by atoms with Crippen molar-refractivity contribution in [3.8, 4) is 0 Å². The lowest BCUT2D eigenvalue weighted by Crippen LogP contribution is -2.55. The van der Waals surface area contributed by atoms with E-state index in [0.717, 1.165) is 31.4 Å². The van der Waals surface area contributed by atoms with Crippen molar-refractivity contribution < 1.29 is 4.79 Å². The maximum atomic E-state index is 12.5. The van der Waals surface area contributed by atoms with Crippen molar-refractivity contribution in [3.05, 3.63) is 34.9 Å². The van der Waals surface area contributed by atoms with Crippen LogP contribution >= 0.6 is 12.4 Å². The average Bonchev–Trinajstić information content (AvgIpc) is 2.90. The van der Waals surface area contributed by atoms with Crippen molar-refractivity contribution in [1.29, 1.82) is 0 Å². The lowest BCUT2D eigenvalue weighted by Gasteiger charge is -2.36. The summed E-state index contributed by atoms with van der Waals surface area (Å²) in [6.45, 7) is 5.43. The number of aryl methyl sites for hydroxylation is 2. The van der Waals surface area contributed by atoms with Crippen LogP contribution in [-0.4, -0.2) is 24.5 Å². The number of hydrogen-bond donors (Lipinski definition) is 2. The number of benzene rings is 1. The number of carbonyl (C=O) groups excluding carboxylic acids is 1. The van der Waals surface area contributed by atoms with Gasteiger partial charge in [-0.15, -0.1) is 12.4 Å². The predicted molar refractivity (Wildman–Crippen MR) is 88.2 cm³/mol. The maximum Gasteiger partial charge on any atom is 0.251 e. The van der Waals surface area contributed by atoms with Crippen LogP contribution in [0.4, 0.5) is 0 Å². The standard InChI is InChI=1S/C17H24N2O.ClH/c1-11-8-9-18-12(2)16(11)19-17(20)15-7-6-13-4-3-5-14(13)10-15;/h6-7,10-12,16,18H,3-5,8-9H2,1-2H3,(H,19,20);1H. The second-order valence-corrected chi connectivity index (χ2v) is 6.35. The summed E-state index contributed by atoms with van der Waals surface area (Å²) in [7, 11) is 0. The summed E-state index contributed by atoms with van der Waals surface area (Å²) in [5, 5.41) is 6.67. The lowest BCUT2D eigenvalue weighted by atomic mass is 9.89. The van der Waals surface area contributed by atoms with Crippen molar-refractivity contribution in [3.63, 3.8) is 0 Å². The Hall–Kier alpha value is -1.06. The molecule has 1 aliphatic carbocycles. The molecule has 116 valence electrons. The molecule has 3 rings (SSSR count). The Kier molecular flexibility index (Phi) is 5.28. The summed E-state index contributed by atoms with van der Waals surface area (Å²) in [6, 6.07) is 6.76. The van der Waals surface area contributed by atoms with Crippen LogP contribution in [0.3, 0.4) is 0 Å². The topological polar surface area (TPSA) is 41.1 Å². The van der Waals surface area contributed by atoms with Gasteiger partial charge in [-0.3, -0.25) is 4.79 Å². The Morgan fingerprint density at radius 2 is 2.00 bits per heavy atom. The van der Waals surface area contributed by atoms with Gasteiger partial charge >= 0.3 is 0 Å². The number of piperidine rings is 1. The number of nitrogens with one attached hydrogen (secondary N) is 2. The number of amides is 1. The normalized spacial score (nSPS) is 27.6. The highest BCUT2D eigenvalue weighted by molar-refractivity contribution is 5.94. The molecule has 0 radical (unpaired) electrons. The molecule has 1 aromatic rings. The third-order valence-corrected chi connectivity index (χ3v) is 4.88. The van der Waals surface area contributed by atoms with E-state index in [0.29, 0.717) is 12.0 Å². The Balaban J connectivity index is 0.00000161. The highest BCUT2D eigenvalue weighted by Gasteiger charge is 2.29. The zero-order valence-electron chi connectivity index (χ0n) is 12.8. The van der Waals surface area contributed by atoms with E-state index in [2.05, 4.69) is 36.6 Å². The van der Waals surface area contributed by atoms with E-state index in [-0.39, 0.29) is 24.4 Å². The summed E-state index contributed by atoms with van der Waals surface area (Å²) in [4.78, 5) is 12.5. The molecule has 2 aliphatic rings. The molecule has 0 bridgehead atoms. The maximum absolute atomic E-state index is 12.5. The zero-order chi connectivity index (χ0) is 14.1. The van der Waals surface area contributed by atoms with Gasteiger partial charge < -0.3 is 10.6 Å². The van der Waals surface area contributed by atoms with Crippen molar-refractivity contribution in [2.75, 3.05) is 6.54 Å². The van der Waals surface area contributed by atoms with Gasteiger partial charge in [-0.05, 0) is 68.3 Å². The first-order valence-electron chi connectivity index (χ1n) is 7.81.